The topological polar surface area (TPSA) is 30.5 Å². The van der Waals surface area contributed by atoms with Crippen molar-refractivity contribution < 1.29 is 9.47 Å². The van der Waals surface area contributed by atoms with Crippen LogP contribution in [0.4, 0.5) is 0 Å². The van der Waals surface area contributed by atoms with Crippen LogP contribution in [-0.4, -0.2) is 31.4 Å². The summed E-state index contributed by atoms with van der Waals surface area (Å²) in [5.74, 6) is 1.02. The Morgan fingerprint density at radius 1 is 1.20 bits per heavy atom. The number of para-hydroxylation sites is 1. The van der Waals surface area contributed by atoms with Gasteiger partial charge in [0.15, 0.2) is 0 Å². The third-order valence-electron chi connectivity index (χ3n) is 3.94. The number of nitrogens with one attached hydrogen (secondary N) is 1. The lowest BCUT2D eigenvalue weighted by Crippen LogP contribution is -2.61. The van der Waals surface area contributed by atoms with E-state index in [1.54, 1.807) is 0 Å². The highest BCUT2D eigenvalue weighted by Crippen LogP contribution is 2.32. The highest BCUT2D eigenvalue weighted by molar-refractivity contribution is 5.40. The Bertz CT molecular complexity index is 413. The fraction of sp³-hybridized carbons (Fsp3) is 0.647. The van der Waals surface area contributed by atoms with Crippen LogP contribution in [-0.2, 0) is 4.74 Å². The molecule has 3 nitrogen and oxygen atoms in total. The van der Waals surface area contributed by atoms with Gasteiger partial charge in [-0.2, -0.15) is 0 Å². The van der Waals surface area contributed by atoms with Gasteiger partial charge < -0.3 is 14.8 Å². The summed E-state index contributed by atoms with van der Waals surface area (Å²) in [5.41, 5.74) is 2.40. The van der Waals surface area contributed by atoms with E-state index in [0.717, 1.165) is 31.7 Å². The zero-order valence-corrected chi connectivity index (χ0v) is 13.1. The molecule has 3 unspecified atom stereocenters. The van der Waals surface area contributed by atoms with Crippen LogP contribution in [0.2, 0.25) is 0 Å². The SMILES string of the molecule is CCCNC1CC(Oc2c(C)cccc2C)C1OCC. The van der Waals surface area contributed by atoms with Crippen LogP contribution in [0.3, 0.4) is 0 Å². The van der Waals surface area contributed by atoms with E-state index < -0.39 is 0 Å². The molecule has 1 N–H and O–H groups in total. The van der Waals surface area contributed by atoms with Crippen LogP contribution in [0, 0.1) is 13.8 Å². The van der Waals surface area contributed by atoms with Gasteiger partial charge in [0.2, 0.25) is 0 Å². The van der Waals surface area contributed by atoms with Gasteiger partial charge in [0.1, 0.15) is 18.0 Å². The molecule has 1 fully saturated rings. The number of ether oxygens (including phenoxy) is 2. The third kappa shape index (κ3) is 3.33. The summed E-state index contributed by atoms with van der Waals surface area (Å²) >= 11 is 0. The minimum Gasteiger partial charge on any atom is -0.487 e. The Morgan fingerprint density at radius 2 is 1.90 bits per heavy atom. The van der Waals surface area contributed by atoms with Gasteiger partial charge in [-0.05, 0) is 44.9 Å². The summed E-state index contributed by atoms with van der Waals surface area (Å²) in [6, 6.07) is 6.71. The molecule has 1 aliphatic carbocycles. The monoisotopic (exact) mass is 277 g/mol. The Hall–Kier alpha value is -1.06. The fourth-order valence-electron chi connectivity index (χ4n) is 2.78. The largest absolute Gasteiger partial charge is 0.487 e. The van der Waals surface area contributed by atoms with Crippen LogP contribution in [0.15, 0.2) is 18.2 Å². The highest BCUT2D eigenvalue weighted by atomic mass is 16.5. The van der Waals surface area contributed by atoms with Crippen LogP contribution >= 0.6 is 0 Å². The molecule has 2 rings (SSSR count). The zero-order valence-electron chi connectivity index (χ0n) is 13.1. The van der Waals surface area contributed by atoms with Gasteiger partial charge in [-0.3, -0.25) is 0 Å². The van der Waals surface area contributed by atoms with Crippen LogP contribution < -0.4 is 10.1 Å². The number of rotatable bonds is 7. The second-order valence-corrected chi connectivity index (χ2v) is 5.59. The molecule has 0 radical (unpaired) electrons. The maximum absolute atomic E-state index is 6.22. The van der Waals surface area contributed by atoms with Crippen LogP contribution in [0.25, 0.3) is 0 Å². The summed E-state index contributed by atoms with van der Waals surface area (Å²) in [7, 11) is 0. The van der Waals surface area contributed by atoms with E-state index in [1.165, 1.54) is 11.1 Å². The molecule has 1 aromatic rings. The lowest BCUT2D eigenvalue weighted by molar-refractivity contribution is -0.105. The van der Waals surface area contributed by atoms with Crippen LogP contribution in [0.5, 0.6) is 5.75 Å². The average molecular weight is 277 g/mol. The van der Waals surface area contributed by atoms with E-state index in [-0.39, 0.29) is 12.2 Å². The van der Waals surface area contributed by atoms with Crippen molar-refractivity contribution in [1.29, 1.82) is 0 Å². The van der Waals surface area contributed by atoms with Gasteiger partial charge in [0.25, 0.3) is 0 Å². The van der Waals surface area contributed by atoms with Gasteiger partial charge >= 0.3 is 0 Å². The molecule has 3 heteroatoms. The molecule has 1 aromatic carbocycles. The number of benzene rings is 1. The molecule has 0 heterocycles. The molecule has 1 saturated carbocycles. The van der Waals surface area contributed by atoms with Crippen molar-refractivity contribution in [3.63, 3.8) is 0 Å². The number of hydrogen-bond acceptors (Lipinski definition) is 3. The van der Waals surface area contributed by atoms with E-state index in [2.05, 4.69) is 44.3 Å². The van der Waals surface area contributed by atoms with Crippen molar-refractivity contribution in [3.05, 3.63) is 29.3 Å². The first kappa shape index (κ1) is 15.3. The first-order chi connectivity index (χ1) is 9.67. The molecule has 0 amide bonds. The molecule has 0 saturated heterocycles. The predicted molar refractivity (Wildman–Crippen MR) is 82.4 cm³/mol. The number of aryl methyl sites for hydroxylation is 2. The summed E-state index contributed by atoms with van der Waals surface area (Å²) in [6.07, 6.45) is 2.52. The predicted octanol–water partition coefficient (Wildman–Crippen LogP) is 3.23. The second-order valence-electron chi connectivity index (χ2n) is 5.59. The van der Waals surface area contributed by atoms with Gasteiger partial charge in [0.05, 0.1) is 0 Å². The lowest BCUT2D eigenvalue weighted by Gasteiger charge is -2.44. The summed E-state index contributed by atoms with van der Waals surface area (Å²) in [6.45, 7) is 10.2. The van der Waals surface area contributed by atoms with E-state index in [1.807, 2.05) is 6.92 Å². The van der Waals surface area contributed by atoms with E-state index in [4.69, 9.17) is 9.47 Å². The van der Waals surface area contributed by atoms with Crippen molar-refractivity contribution in [2.75, 3.05) is 13.2 Å². The zero-order chi connectivity index (χ0) is 14.5. The van der Waals surface area contributed by atoms with Gasteiger partial charge in [-0.15, -0.1) is 0 Å². The summed E-state index contributed by atoms with van der Waals surface area (Å²) in [5, 5.41) is 3.54. The van der Waals surface area contributed by atoms with Crippen LogP contribution in [0.1, 0.15) is 37.8 Å². The molecule has 112 valence electrons. The minimum absolute atomic E-state index is 0.170. The van der Waals surface area contributed by atoms with Crippen molar-refractivity contribution in [1.82, 2.24) is 5.32 Å². The highest BCUT2D eigenvalue weighted by Gasteiger charge is 2.43. The average Bonchev–Trinajstić information content (AvgIpc) is 2.42. The molecule has 3 atom stereocenters. The first-order valence-electron chi connectivity index (χ1n) is 7.75. The van der Waals surface area contributed by atoms with Crippen molar-refractivity contribution in [3.8, 4) is 5.75 Å². The third-order valence-corrected chi connectivity index (χ3v) is 3.94. The Kier molecular flexibility index (Phi) is 5.44. The molecule has 0 bridgehead atoms. The normalized spacial score (nSPS) is 25.3. The maximum atomic E-state index is 6.22. The van der Waals surface area contributed by atoms with Gasteiger partial charge in [-0.1, -0.05) is 25.1 Å². The molecular formula is C17H27NO2. The first-order valence-corrected chi connectivity index (χ1v) is 7.75. The molecule has 0 spiro atoms. The molecular weight excluding hydrogens is 250 g/mol. The van der Waals surface area contributed by atoms with Gasteiger partial charge in [-0.25, -0.2) is 0 Å². The minimum atomic E-state index is 0.170. The fourth-order valence-corrected chi connectivity index (χ4v) is 2.78. The second kappa shape index (κ2) is 7.09. The van der Waals surface area contributed by atoms with E-state index in [0.29, 0.717) is 6.04 Å². The Labute approximate surface area is 122 Å². The van der Waals surface area contributed by atoms with E-state index >= 15 is 0 Å². The standard InChI is InChI=1S/C17H27NO2/c1-5-10-18-14-11-15(17(14)19-6-2)20-16-12(3)8-7-9-13(16)4/h7-9,14-15,17-18H,5-6,10-11H2,1-4H3. The smallest absolute Gasteiger partial charge is 0.128 e. The molecule has 20 heavy (non-hydrogen) atoms. The number of hydrogen-bond donors (Lipinski definition) is 1. The van der Waals surface area contributed by atoms with E-state index in [9.17, 15) is 0 Å². The summed E-state index contributed by atoms with van der Waals surface area (Å²) < 4.78 is 12.1. The maximum Gasteiger partial charge on any atom is 0.128 e. The van der Waals surface area contributed by atoms with Crippen molar-refractivity contribution in [2.45, 2.75) is 58.8 Å². The molecule has 1 aliphatic rings. The lowest BCUT2D eigenvalue weighted by atomic mass is 9.85. The van der Waals surface area contributed by atoms with Crippen molar-refractivity contribution >= 4 is 0 Å². The van der Waals surface area contributed by atoms with Crippen molar-refractivity contribution in [2.24, 2.45) is 0 Å². The Balaban J connectivity index is 1.99. The quantitative estimate of drug-likeness (QED) is 0.830. The summed E-state index contributed by atoms with van der Waals surface area (Å²) in [4.78, 5) is 0. The van der Waals surface area contributed by atoms with Gasteiger partial charge in [0, 0.05) is 19.1 Å². The molecule has 0 aliphatic heterocycles. The molecule has 0 aromatic heterocycles. The Morgan fingerprint density at radius 3 is 2.50 bits per heavy atom.